The van der Waals surface area contributed by atoms with Crippen molar-refractivity contribution < 1.29 is 9.53 Å². The molecule has 114 valence electrons. The summed E-state index contributed by atoms with van der Waals surface area (Å²) in [6, 6.07) is 2.23. The van der Waals surface area contributed by atoms with Gasteiger partial charge >= 0.3 is 6.09 Å². The first-order valence-corrected chi connectivity index (χ1v) is 7.83. The Hall–Kier alpha value is -1.07. The standard InChI is InChI=1S/C15H26N2O2S/c1-11-9-13(20-12(11)2)10-16-7-6-8-17-14(18)19-15(3,4)5/h9,16H,6-8,10H2,1-5H3,(H,17,18). The Kier molecular flexibility index (Phi) is 6.49. The van der Waals surface area contributed by atoms with E-state index in [9.17, 15) is 4.79 Å². The van der Waals surface area contributed by atoms with Gasteiger partial charge in [-0.15, -0.1) is 11.3 Å². The molecule has 1 amide bonds. The van der Waals surface area contributed by atoms with E-state index < -0.39 is 5.60 Å². The highest BCUT2D eigenvalue weighted by molar-refractivity contribution is 7.12. The summed E-state index contributed by atoms with van der Waals surface area (Å²) >= 11 is 1.84. The molecule has 0 aliphatic rings. The van der Waals surface area contributed by atoms with E-state index in [0.717, 1.165) is 19.5 Å². The zero-order valence-electron chi connectivity index (χ0n) is 13.1. The number of aryl methyl sites for hydroxylation is 2. The minimum absolute atomic E-state index is 0.345. The fourth-order valence-corrected chi connectivity index (χ4v) is 2.69. The number of carbonyl (C=O) groups is 1. The number of hydrogen-bond donors (Lipinski definition) is 2. The topological polar surface area (TPSA) is 50.4 Å². The number of ether oxygens (including phenoxy) is 1. The molecule has 5 heteroatoms. The molecule has 0 saturated carbocycles. The maximum Gasteiger partial charge on any atom is 0.407 e. The Labute approximate surface area is 125 Å². The van der Waals surface area contributed by atoms with Crippen molar-refractivity contribution in [1.29, 1.82) is 0 Å². The molecule has 1 heterocycles. The molecule has 1 aromatic rings. The molecule has 0 bridgehead atoms. The number of carbonyl (C=O) groups excluding carboxylic acids is 1. The molecule has 2 N–H and O–H groups in total. The highest BCUT2D eigenvalue weighted by Crippen LogP contribution is 2.20. The zero-order valence-corrected chi connectivity index (χ0v) is 13.9. The van der Waals surface area contributed by atoms with E-state index in [-0.39, 0.29) is 6.09 Å². The number of thiophene rings is 1. The molecule has 0 aliphatic heterocycles. The van der Waals surface area contributed by atoms with Gasteiger partial charge in [0.1, 0.15) is 5.60 Å². The summed E-state index contributed by atoms with van der Waals surface area (Å²) < 4.78 is 5.16. The second kappa shape index (κ2) is 7.64. The van der Waals surface area contributed by atoms with Gasteiger partial charge in [-0.2, -0.15) is 0 Å². The van der Waals surface area contributed by atoms with Crippen molar-refractivity contribution in [1.82, 2.24) is 10.6 Å². The Bertz CT molecular complexity index is 416. The smallest absolute Gasteiger partial charge is 0.407 e. The lowest BCUT2D eigenvalue weighted by Crippen LogP contribution is -2.33. The molecule has 0 radical (unpaired) electrons. The number of nitrogens with one attached hydrogen (secondary N) is 2. The second-order valence-corrected chi connectivity index (χ2v) is 7.25. The maximum atomic E-state index is 11.4. The second-order valence-electron chi connectivity index (χ2n) is 5.91. The van der Waals surface area contributed by atoms with Crippen LogP contribution in [0.25, 0.3) is 0 Å². The van der Waals surface area contributed by atoms with Crippen molar-refractivity contribution in [3.8, 4) is 0 Å². The van der Waals surface area contributed by atoms with Crippen molar-refractivity contribution in [2.45, 2.75) is 53.2 Å². The molecule has 1 aromatic heterocycles. The summed E-state index contributed by atoms with van der Waals surface area (Å²) in [4.78, 5) is 14.1. The largest absolute Gasteiger partial charge is 0.444 e. The Morgan fingerprint density at radius 3 is 2.55 bits per heavy atom. The average Bonchev–Trinajstić information content (AvgIpc) is 2.61. The molecule has 0 aromatic carbocycles. The van der Waals surface area contributed by atoms with E-state index in [1.165, 1.54) is 15.3 Å². The van der Waals surface area contributed by atoms with Crippen LogP contribution in [0.1, 0.15) is 42.5 Å². The highest BCUT2D eigenvalue weighted by atomic mass is 32.1. The molecule has 0 unspecified atom stereocenters. The Morgan fingerprint density at radius 1 is 1.30 bits per heavy atom. The van der Waals surface area contributed by atoms with E-state index in [1.807, 2.05) is 32.1 Å². The van der Waals surface area contributed by atoms with Crippen LogP contribution in [0.5, 0.6) is 0 Å². The van der Waals surface area contributed by atoms with Crippen LogP contribution >= 0.6 is 11.3 Å². The molecule has 0 saturated heterocycles. The number of amides is 1. The van der Waals surface area contributed by atoms with Crippen molar-refractivity contribution in [2.75, 3.05) is 13.1 Å². The lowest BCUT2D eigenvalue weighted by atomic mass is 10.2. The number of alkyl carbamates (subject to hydrolysis) is 1. The monoisotopic (exact) mass is 298 g/mol. The fourth-order valence-electron chi connectivity index (χ4n) is 1.67. The number of hydrogen-bond acceptors (Lipinski definition) is 4. The molecule has 1 rings (SSSR count). The van der Waals surface area contributed by atoms with Crippen LogP contribution in [0.2, 0.25) is 0 Å². The molecular formula is C15H26N2O2S. The van der Waals surface area contributed by atoms with Gasteiger partial charge in [0.05, 0.1) is 0 Å². The minimum atomic E-state index is -0.433. The van der Waals surface area contributed by atoms with Crippen LogP contribution in [-0.2, 0) is 11.3 Å². The van der Waals surface area contributed by atoms with Crippen LogP contribution in [0.3, 0.4) is 0 Å². The quantitative estimate of drug-likeness (QED) is 0.792. The maximum absolute atomic E-state index is 11.4. The van der Waals surface area contributed by atoms with Gasteiger partial charge in [-0.1, -0.05) is 0 Å². The lowest BCUT2D eigenvalue weighted by molar-refractivity contribution is 0.0527. The van der Waals surface area contributed by atoms with Crippen molar-refractivity contribution in [2.24, 2.45) is 0 Å². The molecule has 0 atom stereocenters. The summed E-state index contributed by atoms with van der Waals surface area (Å²) in [7, 11) is 0. The fraction of sp³-hybridized carbons (Fsp3) is 0.667. The molecule has 4 nitrogen and oxygen atoms in total. The Morgan fingerprint density at radius 2 is 2.00 bits per heavy atom. The van der Waals surface area contributed by atoms with E-state index in [2.05, 4.69) is 30.5 Å². The summed E-state index contributed by atoms with van der Waals surface area (Å²) in [5.41, 5.74) is 0.926. The van der Waals surface area contributed by atoms with Gasteiger partial charge in [0.2, 0.25) is 0 Å². The van der Waals surface area contributed by atoms with Gasteiger partial charge in [0.15, 0.2) is 0 Å². The first kappa shape index (κ1) is 17.0. The van der Waals surface area contributed by atoms with E-state index in [4.69, 9.17) is 4.74 Å². The third kappa shape index (κ3) is 6.91. The SMILES string of the molecule is Cc1cc(CNCCCNC(=O)OC(C)(C)C)sc1C. The predicted molar refractivity (Wildman–Crippen MR) is 84.4 cm³/mol. The summed E-state index contributed by atoms with van der Waals surface area (Å²) in [5.74, 6) is 0. The number of rotatable bonds is 6. The van der Waals surface area contributed by atoms with Gasteiger partial charge < -0.3 is 15.4 Å². The van der Waals surface area contributed by atoms with Gasteiger partial charge in [0, 0.05) is 22.8 Å². The zero-order chi connectivity index (χ0) is 15.2. The van der Waals surface area contributed by atoms with Crippen LogP contribution in [0.4, 0.5) is 4.79 Å². The van der Waals surface area contributed by atoms with Crippen LogP contribution < -0.4 is 10.6 Å². The molecule has 0 spiro atoms. The Balaban J connectivity index is 2.06. The van der Waals surface area contributed by atoms with Crippen molar-refractivity contribution in [3.05, 3.63) is 21.4 Å². The highest BCUT2D eigenvalue weighted by Gasteiger charge is 2.15. The van der Waals surface area contributed by atoms with Gasteiger partial charge in [-0.05, 0) is 59.2 Å². The molecule has 20 heavy (non-hydrogen) atoms. The van der Waals surface area contributed by atoms with Crippen LogP contribution in [0.15, 0.2) is 6.07 Å². The van der Waals surface area contributed by atoms with Crippen molar-refractivity contribution >= 4 is 17.4 Å². The van der Waals surface area contributed by atoms with Crippen LogP contribution in [-0.4, -0.2) is 24.8 Å². The third-order valence-corrected chi connectivity index (χ3v) is 3.87. The first-order chi connectivity index (χ1) is 9.28. The first-order valence-electron chi connectivity index (χ1n) is 7.01. The van der Waals surface area contributed by atoms with Gasteiger partial charge in [-0.3, -0.25) is 0 Å². The molecular weight excluding hydrogens is 272 g/mol. The van der Waals surface area contributed by atoms with E-state index in [0.29, 0.717) is 6.54 Å². The lowest BCUT2D eigenvalue weighted by Gasteiger charge is -2.19. The normalized spacial score (nSPS) is 11.4. The summed E-state index contributed by atoms with van der Waals surface area (Å²) in [6.45, 7) is 12.3. The summed E-state index contributed by atoms with van der Waals surface area (Å²) in [6.07, 6.45) is 0.546. The van der Waals surface area contributed by atoms with Crippen molar-refractivity contribution in [3.63, 3.8) is 0 Å². The van der Waals surface area contributed by atoms with Gasteiger partial charge in [-0.25, -0.2) is 4.79 Å². The summed E-state index contributed by atoms with van der Waals surface area (Å²) in [5, 5.41) is 6.14. The van der Waals surface area contributed by atoms with Gasteiger partial charge in [0.25, 0.3) is 0 Å². The van der Waals surface area contributed by atoms with Crippen LogP contribution in [0, 0.1) is 13.8 Å². The average molecular weight is 298 g/mol. The predicted octanol–water partition coefficient (Wildman–Crippen LogP) is 3.37. The molecule has 0 aliphatic carbocycles. The van der Waals surface area contributed by atoms with E-state index >= 15 is 0 Å². The third-order valence-electron chi connectivity index (χ3n) is 2.71. The minimum Gasteiger partial charge on any atom is -0.444 e. The molecule has 0 fully saturated rings. The van der Waals surface area contributed by atoms with E-state index in [1.54, 1.807) is 0 Å².